The number of anilines is 1. The highest BCUT2D eigenvalue weighted by Gasteiger charge is 2.50. The lowest BCUT2D eigenvalue weighted by molar-refractivity contribution is -0.172. The molecule has 0 heterocycles. The number of carbonyl (C=O) groups excluding carboxylic acids is 1. The number of aryl methyl sites for hydroxylation is 1. The molecule has 4 aliphatic rings. The molecule has 0 spiro atoms. The molecule has 0 amide bonds. The normalized spacial score (nSPS) is 32.9. The van der Waals surface area contributed by atoms with E-state index in [1.807, 2.05) is 31.2 Å². The summed E-state index contributed by atoms with van der Waals surface area (Å²) in [6, 6.07) is 6.74. The molecule has 5 rings (SSSR count). The van der Waals surface area contributed by atoms with Gasteiger partial charge in [-0.1, -0.05) is 17.7 Å². The van der Waals surface area contributed by atoms with Gasteiger partial charge in [-0.2, -0.15) is 0 Å². The summed E-state index contributed by atoms with van der Waals surface area (Å²) in [7, 11) is 0. The summed E-state index contributed by atoms with van der Waals surface area (Å²) in [5.41, 5.74) is 1.85. The van der Waals surface area contributed by atoms with Gasteiger partial charge < -0.3 is 15.2 Å². The second-order valence-electron chi connectivity index (χ2n) is 8.49. The van der Waals surface area contributed by atoms with Gasteiger partial charge in [0.15, 0.2) is 0 Å². The van der Waals surface area contributed by atoms with E-state index in [0.29, 0.717) is 11.8 Å². The van der Waals surface area contributed by atoms with E-state index in [0.717, 1.165) is 23.1 Å². The third kappa shape index (κ3) is 3.57. The van der Waals surface area contributed by atoms with E-state index in [9.17, 15) is 14.7 Å². The van der Waals surface area contributed by atoms with E-state index in [1.165, 1.54) is 32.1 Å². The molecule has 2 N–H and O–H groups in total. The third-order valence-corrected chi connectivity index (χ3v) is 6.45. The smallest absolute Gasteiger partial charge is 0.329 e. The standard InChI is InChI=1S/C21H27NO4/c1-12-2-4-17(5-3-12)22-18(11-19(23)24)21(25)26-20-15-7-13-6-14(9-15)10-16(20)8-13/h2-5,13-16,18,20,22H,6-11H2,1H3,(H,23,24). The summed E-state index contributed by atoms with van der Waals surface area (Å²) in [6.45, 7) is 1.99. The van der Waals surface area contributed by atoms with Gasteiger partial charge in [0.2, 0.25) is 0 Å². The second kappa shape index (κ2) is 6.93. The van der Waals surface area contributed by atoms with Crippen LogP contribution in [0.15, 0.2) is 24.3 Å². The molecule has 140 valence electrons. The Morgan fingerprint density at radius 3 is 2.19 bits per heavy atom. The van der Waals surface area contributed by atoms with Crippen molar-refractivity contribution in [2.24, 2.45) is 23.7 Å². The number of carboxylic acid groups (broad SMARTS) is 1. The number of hydrogen-bond acceptors (Lipinski definition) is 4. The largest absolute Gasteiger partial charge is 0.481 e. The average molecular weight is 357 g/mol. The predicted molar refractivity (Wildman–Crippen MR) is 97.8 cm³/mol. The van der Waals surface area contributed by atoms with Crippen molar-refractivity contribution in [3.63, 3.8) is 0 Å². The minimum atomic E-state index is -1.00. The van der Waals surface area contributed by atoms with Gasteiger partial charge in [0, 0.05) is 5.69 Å². The van der Waals surface area contributed by atoms with Crippen molar-refractivity contribution in [3.8, 4) is 0 Å². The maximum atomic E-state index is 12.8. The molecule has 4 saturated carbocycles. The number of carboxylic acids is 1. The molecule has 1 atom stereocenters. The van der Waals surface area contributed by atoms with Gasteiger partial charge >= 0.3 is 11.9 Å². The number of esters is 1. The van der Waals surface area contributed by atoms with Gasteiger partial charge in [0.25, 0.3) is 0 Å². The van der Waals surface area contributed by atoms with Crippen LogP contribution in [-0.2, 0) is 14.3 Å². The van der Waals surface area contributed by atoms with Crippen molar-refractivity contribution in [2.45, 2.75) is 57.6 Å². The van der Waals surface area contributed by atoms with E-state index >= 15 is 0 Å². The Labute approximate surface area is 154 Å². The van der Waals surface area contributed by atoms with Crippen LogP contribution in [0.25, 0.3) is 0 Å². The van der Waals surface area contributed by atoms with Crippen LogP contribution in [0.3, 0.4) is 0 Å². The first kappa shape index (κ1) is 17.4. The van der Waals surface area contributed by atoms with Crippen molar-refractivity contribution < 1.29 is 19.4 Å². The number of rotatable bonds is 6. The van der Waals surface area contributed by atoms with Gasteiger partial charge in [-0.05, 0) is 74.8 Å². The first-order valence-electron chi connectivity index (χ1n) is 9.73. The van der Waals surface area contributed by atoms with Crippen molar-refractivity contribution in [2.75, 3.05) is 5.32 Å². The molecule has 0 aromatic heterocycles. The minimum absolute atomic E-state index is 0.0218. The first-order valence-corrected chi connectivity index (χ1v) is 9.73. The fraction of sp³-hybridized carbons (Fsp3) is 0.619. The molecule has 1 aromatic rings. The van der Waals surface area contributed by atoms with Gasteiger partial charge in [-0.15, -0.1) is 0 Å². The molecule has 1 unspecified atom stereocenters. The number of aliphatic carboxylic acids is 1. The Balaban J connectivity index is 1.44. The van der Waals surface area contributed by atoms with E-state index in [4.69, 9.17) is 4.74 Å². The van der Waals surface area contributed by atoms with Crippen LogP contribution in [0.2, 0.25) is 0 Å². The zero-order valence-corrected chi connectivity index (χ0v) is 15.2. The van der Waals surface area contributed by atoms with Crippen LogP contribution in [0.1, 0.15) is 44.1 Å². The topological polar surface area (TPSA) is 75.6 Å². The maximum absolute atomic E-state index is 12.8. The Morgan fingerprint density at radius 1 is 1.08 bits per heavy atom. The van der Waals surface area contributed by atoms with E-state index in [-0.39, 0.29) is 12.5 Å². The lowest BCUT2D eigenvalue weighted by Gasteiger charge is -2.53. The zero-order valence-electron chi connectivity index (χ0n) is 15.2. The van der Waals surface area contributed by atoms with Crippen molar-refractivity contribution in [1.82, 2.24) is 0 Å². The Morgan fingerprint density at radius 2 is 1.65 bits per heavy atom. The molecular weight excluding hydrogens is 330 g/mol. The Bertz CT molecular complexity index is 656. The fourth-order valence-electron chi connectivity index (χ4n) is 5.50. The number of benzene rings is 1. The summed E-state index contributed by atoms with van der Waals surface area (Å²) in [4.78, 5) is 24.0. The minimum Gasteiger partial charge on any atom is -0.481 e. The van der Waals surface area contributed by atoms with Crippen LogP contribution >= 0.6 is 0 Å². The van der Waals surface area contributed by atoms with Gasteiger partial charge in [0.05, 0.1) is 6.42 Å². The molecule has 0 saturated heterocycles. The summed E-state index contributed by atoms with van der Waals surface area (Å²) in [5, 5.41) is 12.3. The summed E-state index contributed by atoms with van der Waals surface area (Å²) >= 11 is 0. The third-order valence-electron chi connectivity index (χ3n) is 6.45. The SMILES string of the molecule is Cc1ccc(NC(CC(=O)O)C(=O)OC2C3CC4CC(C3)CC2C4)cc1. The molecule has 0 aliphatic heterocycles. The first-order chi connectivity index (χ1) is 12.5. The van der Waals surface area contributed by atoms with Gasteiger partial charge in [-0.25, -0.2) is 4.79 Å². The monoisotopic (exact) mass is 357 g/mol. The fourth-order valence-corrected chi connectivity index (χ4v) is 5.50. The maximum Gasteiger partial charge on any atom is 0.329 e. The molecule has 4 aliphatic carbocycles. The average Bonchev–Trinajstić information content (AvgIpc) is 2.58. The lowest BCUT2D eigenvalue weighted by atomic mass is 9.55. The molecule has 26 heavy (non-hydrogen) atoms. The highest BCUT2D eigenvalue weighted by Crippen LogP contribution is 2.54. The molecule has 5 nitrogen and oxygen atoms in total. The van der Waals surface area contributed by atoms with Crippen molar-refractivity contribution >= 4 is 17.6 Å². The number of carbonyl (C=O) groups is 2. The molecular formula is C21H27NO4. The Hall–Kier alpha value is -2.04. The lowest BCUT2D eigenvalue weighted by Crippen LogP contribution is -2.51. The second-order valence-corrected chi connectivity index (χ2v) is 8.49. The number of hydrogen-bond donors (Lipinski definition) is 2. The molecule has 5 heteroatoms. The van der Waals surface area contributed by atoms with Crippen LogP contribution in [0.4, 0.5) is 5.69 Å². The van der Waals surface area contributed by atoms with E-state index < -0.39 is 18.0 Å². The molecule has 0 radical (unpaired) electrons. The van der Waals surface area contributed by atoms with Gasteiger partial charge in [0.1, 0.15) is 12.1 Å². The quantitative estimate of drug-likeness (QED) is 0.761. The summed E-state index contributed by atoms with van der Waals surface area (Å²) < 4.78 is 5.92. The van der Waals surface area contributed by atoms with E-state index in [2.05, 4.69) is 5.32 Å². The number of nitrogens with one attached hydrogen (secondary N) is 1. The predicted octanol–water partition coefficient (Wildman–Crippen LogP) is 3.62. The van der Waals surface area contributed by atoms with Crippen LogP contribution in [0.5, 0.6) is 0 Å². The van der Waals surface area contributed by atoms with Gasteiger partial charge in [-0.3, -0.25) is 4.79 Å². The summed E-state index contributed by atoms with van der Waals surface area (Å²) in [5.74, 6) is 1.14. The highest BCUT2D eigenvalue weighted by molar-refractivity contribution is 5.85. The molecule has 4 fully saturated rings. The highest BCUT2D eigenvalue weighted by atomic mass is 16.5. The van der Waals surface area contributed by atoms with Crippen LogP contribution in [0, 0.1) is 30.6 Å². The Kier molecular flexibility index (Phi) is 4.63. The number of ether oxygens (including phenoxy) is 1. The van der Waals surface area contributed by atoms with Crippen molar-refractivity contribution in [1.29, 1.82) is 0 Å². The van der Waals surface area contributed by atoms with Crippen LogP contribution < -0.4 is 5.32 Å². The molecule has 4 bridgehead atoms. The van der Waals surface area contributed by atoms with E-state index in [1.54, 1.807) is 0 Å². The van der Waals surface area contributed by atoms with Crippen LogP contribution in [-0.4, -0.2) is 29.2 Å². The van der Waals surface area contributed by atoms with Crippen molar-refractivity contribution in [3.05, 3.63) is 29.8 Å². The summed E-state index contributed by atoms with van der Waals surface area (Å²) in [6.07, 6.45) is 5.72. The zero-order chi connectivity index (χ0) is 18.3. The molecule has 1 aromatic carbocycles.